The zero-order chi connectivity index (χ0) is 18.1. The average molecular weight is 356 g/mol. The Morgan fingerprint density at radius 3 is 1.36 bits per heavy atom. The summed E-state index contributed by atoms with van der Waals surface area (Å²) in [5.74, 6) is 0. The van der Waals surface area contributed by atoms with Gasteiger partial charge in [0, 0.05) is 22.7 Å². The SMILES string of the molecule is Cc1ccc(Nc2ccc(Nc3ccccc3)cc2)cc1.O=S(O)O. The van der Waals surface area contributed by atoms with E-state index in [9.17, 15) is 0 Å². The second kappa shape index (κ2) is 9.58. The highest BCUT2D eigenvalue weighted by atomic mass is 32.2. The van der Waals surface area contributed by atoms with E-state index >= 15 is 0 Å². The van der Waals surface area contributed by atoms with Crippen molar-refractivity contribution in [2.24, 2.45) is 0 Å². The second-order valence-electron chi connectivity index (χ2n) is 5.29. The van der Waals surface area contributed by atoms with Gasteiger partial charge in [0.25, 0.3) is 11.4 Å². The van der Waals surface area contributed by atoms with Crippen molar-refractivity contribution in [3.8, 4) is 0 Å². The molecule has 0 heterocycles. The minimum Gasteiger partial charge on any atom is -0.356 e. The van der Waals surface area contributed by atoms with E-state index in [1.165, 1.54) is 5.56 Å². The lowest BCUT2D eigenvalue weighted by molar-refractivity contribution is 0.454. The van der Waals surface area contributed by atoms with E-state index in [1.54, 1.807) is 0 Å². The largest absolute Gasteiger partial charge is 0.356 e. The molecule has 0 aliphatic heterocycles. The van der Waals surface area contributed by atoms with E-state index in [1.807, 2.05) is 18.2 Å². The van der Waals surface area contributed by atoms with Crippen molar-refractivity contribution in [3.05, 3.63) is 84.4 Å². The van der Waals surface area contributed by atoms with Crippen molar-refractivity contribution >= 4 is 34.1 Å². The molecule has 25 heavy (non-hydrogen) atoms. The normalized spacial score (nSPS) is 9.92. The molecular weight excluding hydrogens is 336 g/mol. The zero-order valence-corrected chi connectivity index (χ0v) is 14.5. The van der Waals surface area contributed by atoms with Gasteiger partial charge < -0.3 is 10.6 Å². The maximum absolute atomic E-state index is 8.67. The lowest BCUT2D eigenvalue weighted by atomic mass is 10.2. The molecule has 6 heteroatoms. The molecule has 130 valence electrons. The van der Waals surface area contributed by atoms with Crippen LogP contribution >= 0.6 is 0 Å². The average Bonchev–Trinajstić information content (AvgIpc) is 2.59. The number of anilines is 4. The summed E-state index contributed by atoms with van der Waals surface area (Å²) in [6.07, 6.45) is 0. The van der Waals surface area contributed by atoms with Gasteiger partial charge in [-0.3, -0.25) is 9.11 Å². The van der Waals surface area contributed by atoms with Gasteiger partial charge in [0.1, 0.15) is 0 Å². The molecule has 3 aromatic rings. The van der Waals surface area contributed by atoms with Gasteiger partial charge in [-0.15, -0.1) is 0 Å². The number of rotatable bonds is 4. The highest BCUT2D eigenvalue weighted by Crippen LogP contribution is 2.21. The van der Waals surface area contributed by atoms with Crippen molar-refractivity contribution in [2.75, 3.05) is 10.6 Å². The molecule has 0 radical (unpaired) electrons. The van der Waals surface area contributed by atoms with Crippen molar-refractivity contribution in [1.82, 2.24) is 0 Å². The van der Waals surface area contributed by atoms with Crippen LogP contribution in [0.1, 0.15) is 5.56 Å². The summed E-state index contributed by atoms with van der Waals surface area (Å²) in [6.45, 7) is 2.09. The van der Waals surface area contributed by atoms with Crippen LogP contribution < -0.4 is 10.6 Å². The van der Waals surface area contributed by atoms with Crippen LogP contribution in [0.3, 0.4) is 0 Å². The summed E-state index contributed by atoms with van der Waals surface area (Å²) >= 11 is -2.61. The minimum absolute atomic E-state index is 1.08. The zero-order valence-electron chi connectivity index (χ0n) is 13.7. The number of para-hydroxylation sites is 1. The van der Waals surface area contributed by atoms with E-state index in [0.717, 1.165) is 22.7 Å². The number of benzene rings is 3. The smallest absolute Gasteiger partial charge is 0.299 e. The Kier molecular flexibility index (Phi) is 7.16. The first-order valence-electron chi connectivity index (χ1n) is 7.59. The third-order valence-electron chi connectivity index (χ3n) is 3.29. The molecule has 0 saturated carbocycles. The Morgan fingerprint density at radius 2 is 0.960 bits per heavy atom. The first-order chi connectivity index (χ1) is 12.0. The van der Waals surface area contributed by atoms with Gasteiger partial charge in [0.05, 0.1) is 0 Å². The van der Waals surface area contributed by atoms with E-state index < -0.39 is 11.4 Å². The molecule has 3 rings (SSSR count). The molecule has 0 saturated heterocycles. The lowest BCUT2D eigenvalue weighted by Crippen LogP contribution is -1.92. The number of aryl methyl sites for hydroxylation is 1. The number of nitrogens with one attached hydrogen (secondary N) is 2. The fraction of sp³-hybridized carbons (Fsp3) is 0.0526. The topological polar surface area (TPSA) is 81.6 Å². The molecule has 5 nitrogen and oxygen atoms in total. The Labute approximate surface area is 149 Å². The fourth-order valence-corrected chi connectivity index (χ4v) is 2.13. The van der Waals surface area contributed by atoms with Crippen LogP contribution in [-0.4, -0.2) is 13.3 Å². The predicted octanol–water partition coefficient (Wildman–Crippen LogP) is 5.16. The van der Waals surface area contributed by atoms with Gasteiger partial charge in [0.15, 0.2) is 0 Å². The fourth-order valence-electron chi connectivity index (χ4n) is 2.13. The Balaban J connectivity index is 0.000000511. The summed E-state index contributed by atoms with van der Waals surface area (Å²) in [5.41, 5.74) is 5.62. The quantitative estimate of drug-likeness (QED) is 0.485. The molecular formula is C19H20N2O3S. The lowest BCUT2D eigenvalue weighted by Gasteiger charge is -2.09. The van der Waals surface area contributed by atoms with Gasteiger partial charge in [-0.05, 0) is 55.5 Å². The maximum Gasteiger partial charge on any atom is 0.299 e. The third kappa shape index (κ3) is 7.17. The summed E-state index contributed by atoms with van der Waals surface area (Å²) in [5, 5.41) is 6.77. The molecule has 0 fully saturated rings. The van der Waals surface area contributed by atoms with Crippen LogP contribution in [0.15, 0.2) is 78.9 Å². The molecule has 0 bridgehead atoms. The second-order valence-corrected chi connectivity index (χ2v) is 5.75. The van der Waals surface area contributed by atoms with Crippen molar-refractivity contribution < 1.29 is 13.3 Å². The monoisotopic (exact) mass is 356 g/mol. The van der Waals surface area contributed by atoms with E-state index in [0.29, 0.717) is 0 Å². The Hall–Kier alpha value is -2.67. The molecule has 0 spiro atoms. The highest BCUT2D eigenvalue weighted by molar-refractivity contribution is 7.73. The van der Waals surface area contributed by atoms with Crippen LogP contribution in [-0.2, 0) is 11.4 Å². The van der Waals surface area contributed by atoms with Crippen molar-refractivity contribution in [1.29, 1.82) is 0 Å². The maximum atomic E-state index is 8.67. The molecule has 0 aliphatic rings. The van der Waals surface area contributed by atoms with Crippen LogP contribution in [0, 0.1) is 6.92 Å². The van der Waals surface area contributed by atoms with Crippen LogP contribution in [0.25, 0.3) is 0 Å². The van der Waals surface area contributed by atoms with Crippen LogP contribution in [0.4, 0.5) is 22.7 Å². The van der Waals surface area contributed by atoms with Gasteiger partial charge in [0.2, 0.25) is 0 Å². The molecule has 3 aromatic carbocycles. The van der Waals surface area contributed by atoms with E-state index in [2.05, 4.69) is 78.2 Å². The molecule has 0 aliphatic carbocycles. The Morgan fingerprint density at radius 1 is 0.640 bits per heavy atom. The summed E-state index contributed by atoms with van der Waals surface area (Å²) < 4.78 is 22.8. The first-order valence-corrected chi connectivity index (χ1v) is 8.65. The standard InChI is InChI=1S/C19H18N2.H2O3S/c1-15-7-9-17(10-8-15)21-19-13-11-18(12-14-19)20-16-5-3-2-4-6-16;1-4(2)3/h2-14,20-21H,1H3;(H2,1,2,3). The molecule has 0 atom stereocenters. The first kappa shape index (κ1) is 18.7. The number of hydrogen-bond donors (Lipinski definition) is 4. The van der Waals surface area contributed by atoms with Gasteiger partial charge in [-0.1, -0.05) is 35.9 Å². The number of hydrogen-bond acceptors (Lipinski definition) is 3. The Bertz CT molecular complexity index is 787. The van der Waals surface area contributed by atoms with Gasteiger partial charge >= 0.3 is 0 Å². The minimum atomic E-state index is -2.61. The van der Waals surface area contributed by atoms with Crippen molar-refractivity contribution in [2.45, 2.75) is 6.92 Å². The molecule has 0 amide bonds. The molecule has 0 aromatic heterocycles. The van der Waals surface area contributed by atoms with Gasteiger partial charge in [-0.25, -0.2) is 0 Å². The van der Waals surface area contributed by atoms with E-state index in [-0.39, 0.29) is 0 Å². The summed E-state index contributed by atoms with van der Waals surface area (Å²) in [4.78, 5) is 0. The van der Waals surface area contributed by atoms with Crippen molar-refractivity contribution in [3.63, 3.8) is 0 Å². The van der Waals surface area contributed by atoms with E-state index in [4.69, 9.17) is 13.3 Å². The predicted molar refractivity (Wildman–Crippen MR) is 104 cm³/mol. The molecule has 0 unspecified atom stereocenters. The summed E-state index contributed by atoms with van der Waals surface area (Å²) in [7, 11) is 0. The summed E-state index contributed by atoms with van der Waals surface area (Å²) in [6, 6.07) is 26.9. The van der Waals surface area contributed by atoms with Crippen LogP contribution in [0.5, 0.6) is 0 Å². The van der Waals surface area contributed by atoms with Gasteiger partial charge in [-0.2, -0.15) is 4.21 Å². The third-order valence-corrected chi connectivity index (χ3v) is 3.29. The van der Waals surface area contributed by atoms with Crippen LogP contribution in [0.2, 0.25) is 0 Å². The highest BCUT2D eigenvalue weighted by Gasteiger charge is 1.97. The molecule has 4 N–H and O–H groups in total.